The summed E-state index contributed by atoms with van der Waals surface area (Å²) < 4.78 is 0. The van der Waals surface area contributed by atoms with Gasteiger partial charge in [0.1, 0.15) is 0 Å². The van der Waals surface area contributed by atoms with E-state index in [0.29, 0.717) is 18.5 Å². The standard InChI is InChI=1S/C14H17NO3/c1-3-7-10(4-2)15-13(16)11-8-5-6-9-12(11)14(17)18/h3-7,11-12H,1-2,8-9H2,(H,15,16)(H,17,18)/b10-7+. The second-order valence-corrected chi connectivity index (χ2v) is 4.05. The van der Waals surface area contributed by atoms with Crippen LogP contribution in [-0.2, 0) is 9.59 Å². The zero-order chi connectivity index (χ0) is 13.5. The highest BCUT2D eigenvalue weighted by Crippen LogP contribution is 2.26. The van der Waals surface area contributed by atoms with Crippen molar-refractivity contribution in [1.29, 1.82) is 0 Å². The molecule has 0 bridgehead atoms. The largest absolute Gasteiger partial charge is 0.481 e. The van der Waals surface area contributed by atoms with Gasteiger partial charge in [0.2, 0.25) is 5.91 Å². The Morgan fingerprint density at radius 2 is 1.83 bits per heavy atom. The third kappa shape index (κ3) is 3.45. The fraction of sp³-hybridized carbons (Fsp3) is 0.286. The molecule has 96 valence electrons. The van der Waals surface area contributed by atoms with Crippen molar-refractivity contribution in [2.24, 2.45) is 11.8 Å². The van der Waals surface area contributed by atoms with Gasteiger partial charge in [-0.1, -0.05) is 31.4 Å². The van der Waals surface area contributed by atoms with Gasteiger partial charge in [-0.05, 0) is 25.0 Å². The third-order valence-corrected chi connectivity index (χ3v) is 2.87. The van der Waals surface area contributed by atoms with Gasteiger partial charge in [0.25, 0.3) is 0 Å². The first-order chi connectivity index (χ1) is 8.60. The van der Waals surface area contributed by atoms with E-state index in [-0.39, 0.29) is 5.91 Å². The third-order valence-electron chi connectivity index (χ3n) is 2.87. The molecule has 0 saturated heterocycles. The van der Waals surface area contributed by atoms with Crippen molar-refractivity contribution in [2.75, 3.05) is 0 Å². The van der Waals surface area contributed by atoms with Crippen LogP contribution in [0.15, 0.2) is 49.2 Å². The summed E-state index contributed by atoms with van der Waals surface area (Å²) in [4.78, 5) is 23.1. The van der Waals surface area contributed by atoms with Gasteiger partial charge in [0.05, 0.1) is 11.8 Å². The molecule has 0 saturated carbocycles. The number of carbonyl (C=O) groups is 2. The minimum Gasteiger partial charge on any atom is -0.481 e. The lowest BCUT2D eigenvalue weighted by molar-refractivity contribution is -0.147. The topological polar surface area (TPSA) is 66.4 Å². The molecular formula is C14H17NO3. The molecule has 4 heteroatoms. The first-order valence-corrected chi connectivity index (χ1v) is 5.74. The lowest BCUT2D eigenvalue weighted by Gasteiger charge is -2.24. The van der Waals surface area contributed by atoms with E-state index < -0.39 is 17.8 Å². The molecule has 0 radical (unpaired) electrons. The summed E-state index contributed by atoms with van der Waals surface area (Å²) in [5.74, 6) is -2.43. The Kier molecular flexibility index (Phi) is 5.11. The fourth-order valence-corrected chi connectivity index (χ4v) is 1.90. The Hall–Kier alpha value is -2.10. The van der Waals surface area contributed by atoms with Gasteiger partial charge in [-0.25, -0.2) is 0 Å². The van der Waals surface area contributed by atoms with Crippen molar-refractivity contribution in [3.05, 3.63) is 49.2 Å². The molecular weight excluding hydrogens is 230 g/mol. The minimum atomic E-state index is -0.938. The maximum Gasteiger partial charge on any atom is 0.307 e. The van der Waals surface area contributed by atoms with Crippen molar-refractivity contribution < 1.29 is 14.7 Å². The van der Waals surface area contributed by atoms with E-state index in [1.165, 1.54) is 12.2 Å². The predicted octanol–water partition coefficient (Wildman–Crippen LogP) is 2.03. The summed E-state index contributed by atoms with van der Waals surface area (Å²) in [5, 5.41) is 11.7. The highest BCUT2D eigenvalue weighted by molar-refractivity contribution is 5.86. The quantitative estimate of drug-likeness (QED) is 0.577. The van der Waals surface area contributed by atoms with Gasteiger partial charge in [-0.3, -0.25) is 9.59 Å². The van der Waals surface area contributed by atoms with Crippen LogP contribution in [0.5, 0.6) is 0 Å². The van der Waals surface area contributed by atoms with E-state index in [9.17, 15) is 9.59 Å². The van der Waals surface area contributed by atoms with Crippen molar-refractivity contribution in [3.63, 3.8) is 0 Å². The fourth-order valence-electron chi connectivity index (χ4n) is 1.90. The van der Waals surface area contributed by atoms with Crippen molar-refractivity contribution in [3.8, 4) is 0 Å². The van der Waals surface area contributed by atoms with Crippen LogP contribution in [0.25, 0.3) is 0 Å². The van der Waals surface area contributed by atoms with Gasteiger partial charge >= 0.3 is 5.97 Å². The number of carboxylic acids is 1. The van der Waals surface area contributed by atoms with E-state index >= 15 is 0 Å². The summed E-state index contributed by atoms with van der Waals surface area (Å²) in [7, 11) is 0. The lowest BCUT2D eigenvalue weighted by atomic mass is 9.82. The summed E-state index contributed by atoms with van der Waals surface area (Å²) in [5.41, 5.74) is 0.522. The van der Waals surface area contributed by atoms with Gasteiger partial charge in [-0.15, -0.1) is 0 Å². The Balaban J connectivity index is 2.78. The number of hydrogen-bond donors (Lipinski definition) is 2. The first-order valence-electron chi connectivity index (χ1n) is 5.74. The van der Waals surface area contributed by atoms with Crippen LogP contribution in [0.3, 0.4) is 0 Å². The molecule has 18 heavy (non-hydrogen) atoms. The molecule has 0 fully saturated rings. The average Bonchev–Trinajstić information content (AvgIpc) is 2.38. The minimum absolute atomic E-state index is 0.292. The molecule has 0 aromatic heterocycles. The maximum atomic E-state index is 12.0. The van der Waals surface area contributed by atoms with Crippen LogP contribution < -0.4 is 5.32 Å². The molecule has 0 aromatic rings. The molecule has 0 heterocycles. The number of rotatable bonds is 5. The summed E-state index contributed by atoms with van der Waals surface area (Å²) >= 11 is 0. The molecule has 2 atom stereocenters. The van der Waals surface area contributed by atoms with Gasteiger partial charge in [0, 0.05) is 5.70 Å². The molecule has 0 aromatic carbocycles. The molecule has 0 aliphatic heterocycles. The zero-order valence-electron chi connectivity index (χ0n) is 10.1. The van der Waals surface area contributed by atoms with Crippen LogP contribution in [0.1, 0.15) is 12.8 Å². The second-order valence-electron chi connectivity index (χ2n) is 4.05. The average molecular weight is 247 g/mol. The smallest absolute Gasteiger partial charge is 0.307 e. The summed E-state index contributed by atoms with van der Waals surface area (Å²) in [6, 6.07) is 0. The highest BCUT2D eigenvalue weighted by atomic mass is 16.4. The highest BCUT2D eigenvalue weighted by Gasteiger charge is 2.33. The Morgan fingerprint density at radius 1 is 1.22 bits per heavy atom. The molecule has 1 rings (SSSR count). The van der Waals surface area contributed by atoms with Crippen LogP contribution in [0.4, 0.5) is 0 Å². The van der Waals surface area contributed by atoms with Crippen LogP contribution in [-0.4, -0.2) is 17.0 Å². The van der Waals surface area contributed by atoms with E-state index in [1.54, 1.807) is 12.2 Å². The zero-order valence-corrected chi connectivity index (χ0v) is 10.1. The molecule has 2 N–H and O–H groups in total. The SMILES string of the molecule is C=C/C=C(\C=C)NC(=O)C1CC=CCC1C(=O)O. The predicted molar refractivity (Wildman–Crippen MR) is 69.6 cm³/mol. The van der Waals surface area contributed by atoms with Gasteiger partial charge in [0.15, 0.2) is 0 Å². The lowest BCUT2D eigenvalue weighted by Crippen LogP contribution is -2.38. The van der Waals surface area contributed by atoms with Crippen molar-refractivity contribution >= 4 is 11.9 Å². The summed E-state index contributed by atoms with van der Waals surface area (Å²) in [6.45, 7) is 7.10. The second kappa shape index (κ2) is 6.59. The van der Waals surface area contributed by atoms with Crippen LogP contribution in [0.2, 0.25) is 0 Å². The van der Waals surface area contributed by atoms with Gasteiger partial charge < -0.3 is 10.4 Å². The Bertz CT molecular complexity index is 421. The first kappa shape index (κ1) is 14.0. The number of carboxylic acid groups (broad SMARTS) is 1. The van der Waals surface area contributed by atoms with E-state index in [1.807, 2.05) is 6.08 Å². The Morgan fingerprint density at radius 3 is 2.33 bits per heavy atom. The van der Waals surface area contributed by atoms with Crippen molar-refractivity contribution in [2.45, 2.75) is 12.8 Å². The van der Waals surface area contributed by atoms with Crippen molar-refractivity contribution in [1.82, 2.24) is 5.32 Å². The molecule has 1 amide bonds. The molecule has 1 aliphatic carbocycles. The van der Waals surface area contributed by atoms with Gasteiger partial charge in [-0.2, -0.15) is 0 Å². The number of nitrogens with one attached hydrogen (secondary N) is 1. The molecule has 0 spiro atoms. The van der Waals surface area contributed by atoms with Crippen LogP contribution in [0, 0.1) is 11.8 Å². The van der Waals surface area contributed by atoms with Crippen LogP contribution >= 0.6 is 0 Å². The molecule has 2 unspecified atom stereocenters. The Labute approximate surface area is 106 Å². The number of aliphatic carboxylic acids is 1. The van der Waals surface area contributed by atoms with E-state index in [2.05, 4.69) is 18.5 Å². The molecule has 1 aliphatic rings. The van der Waals surface area contributed by atoms with E-state index in [4.69, 9.17) is 5.11 Å². The number of carbonyl (C=O) groups excluding carboxylic acids is 1. The monoisotopic (exact) mass is 247 g/mol. The normalized spacial score (nSPS) is 23.2. The number of allylic oxidation sites excluding steroid dienone is 5. The number of hydrogen-bond acceptors (Lipinski definition) is 2. The maximum absolute atomic E-state index is 12.0. The number of amides is 1. The van der Waals surface area contributed by atoms with E-state index in [0.717, 1.165) is 0 Å². The molecule has 4 nitrogen and oxygen atoms in total. The summed E-state index contributed by atoms with van der Waals surface area (Å²) in [6.07, 6.45) is 9.12.